The lowest BCUT2D eigenvalue weighted by atomic mass is 10.2. The molecule has 1 atom stereocenters. The molecule has 2 aromatic heterocycles. The highest BCUT2D eigenvalue weighted by Gasteiger charge is 2.17. The molecule has 1 saturated heterocycles. The van der Waals surface area contributed by atoms with Crippen LogP contribution >= 0.6 is 11.3 Å². The second-order valence-corrected chi connectivity index (χ2v) is 8.24. The standard InChI is InChI=1S/C22H28N4OS/c1-18(25-9-11-27-12-10-25)14-23-15-20-17-26(16-19-6-3-2-4-7-19)24-22(20)21-8-5-13-28-21/h2-8,13,17-18,23H,9-12,14-16H2,1H3. The first-order valence-corrected chi connectivity index (χ1v) is 10.8. The van der Waals surface area contributed by atoms with E-state index in [1.165, 1.54) is 16.0 Å². The molecule has 148 valence electrons. The SMILES string of the molecule is CC(CNCc1cn(Cc2ccccc2)nc1-c1cccs1)N1CCOCC1. The molecule has 0 amide bonds. The number of benzene rings is 1. The number of aromatic nitrogens is 2. The highest BCUT2D eigenvalue weighted by Crippen LogP contribution is 2.27. The Bertz CT molecular complexity index is 841. The van der Waals surface area contributed by atoms with Crippen molar-refractivity contribution in [3.05, 3.63) is 65.2 Å². The highest BCUT2D eigenvalue weighted by atomic mass is 32.1. The van der Waals surface area contributed by atoms with Crippen molar-refractivity contribution in [3.8, 4) is 10.6 Å². The van der Waals surface area contributed by atoms with E-state index in [0.29, 0.717) is 6.04 Å². The van der Waals surface area contributed by atoms with E-state index in [9.17, 15) is 0 Å². The molecule has 6 heteroatoms. The fourth-order valence-corrected chi connectivity index (χ4v) is 4.37. The maximum Gasteiger partial charge on any atom is 0.107 e. The molecule has 0 spiro atoms. The van der Waals surface area contributed by atoms with Gasteiger partial charge in [-0.1, -0.05) is 36.4 Å². The number of morpholine rings is 1. The first kappa shape index (κ1) is 19.3. The zero-order valence-corrected chi connectivity index (χ0v) is 17.2. The van der Waals surface area contributed by atoms with Crippen LogP contribution in [0, 0.1) is 0 Å². The number of rotatable bonds is 8. The van der Waals surface area contributed by atoms with Crippen LogP contribution in [0.2, 0.25) is 0 Å². The van der Waals surface area contributed by atoms with Crippen molar-refractivity contribution >= 4 is 11.3 Å². The molecule has 0 bridgehead atoms. The van der Waals surface area contributed by atoms with Crippen LogP contribution in [0.1, 0.15) is 18.1 Å². The zero-order chi connectivity index (χ0) is 19.2. The molecule has 0 saturated carbocycles. The Morgan fingerprint density at radius 1 is 1.14 bits per heavy atom. The van der Waals surface area contributed by atoms with E-state index in [1.54, 1.807) is 11.3 Å². The molecule has 0 radical (unpaired) electrons. The van der Waals surface area contributed by atoms with Gasteiger partial charge in [0, 0.05) is 44.0 Å². The van der Waals surface area contributed by atoms with Crippen molar-refractivity contribution in [3.63, 3.8) is 0 Å². The lowest BCUT2D eigenvalue weighted by molar-refractivity contribution is 0.0203. The Hall–Kier alpha value is -1.99. The third kappa shape index (κ3) is 4.89. The molecule has 1 aliphatic rings. The number of nitrogens with one attached hydrogen (secondary N) is 1. The van der Waals surface area contributed by atoms with E-state index < -0.39 is 0 Å². The Morgan fingerprint density at radius 2 is 1.96 bits per heavy atom. The molecule has 1 N–H and O–H groups in total. The fourth-order valence-electron chi connectivity index (χ4n) is 3.63. The summed E-state index contributed by atoms with van der Waals surface area (Å²) in [7, 11) is 0. The minimum absolute atomic E-state index is 0.508. The van der Waals surface area contributed by atoms with E-state index in [1.807, 2.05) is 0 Å². The maximum absolute atomic E-state index is 5.46. The van der Waals surface area contributed by atoms with Crippen molar-refractivity contribution in [2.45, 2.75) is 26.1 Å². The van der Waals surface area contributed by atoms with E-state index in [-0.39, 0.29) is 0 Å². The minimum Gasteiger partial charge on any atom is -0.379 e. The van der Waals surface area contributed by atoms with Crippen molar-refractivity contribution < 1.29 is 4.74 Å². The summed E-state index contributed by atoms with van der Waals surface area (Å²) in [6, 6.07) is 15.3. The van der Waals surface area contributed by atoms with Crippen molar-refractivity contribution in [1.29, 1.82) is 0 Å². The molecule has 28 heavy (non-hydrogen) atoms. The molecule has 0 aliphatic carbocycles. The second-order valence-electron chi connectivity index (χ2n) is 7.29. The van der Waals surface area contributed by atoms with Gasteiger partial charge < -0.3 is 10.1 Å². The van der Waals surface area contributed by atoms with E-state index in [2.05, 4.69) is 75.9 Å². The summed E-state index contributed by atoms with van der Waals surface area (Å²) in [6.45, 7) is 8.63. The summed E-state index contributed by atoms with van der Waals surface area (Å²) in [5, 5.41) is 10.7. The van der Waals surface area contributed by atoms with Gasteiger partial charge in [-0.05, 0) is 23.9 Å². The van der Waals surface area contributed by atoms with Gasteiger partial charge in [0.25, 0.3) is 0 Å². The van der Waals surface area contributed by atoms with Gasteiger partial charge in [0.15, 0.2) is 0 Å². The third-order valence-electron chi connectivity index (χ3n) is 5.20. The van der Waals surface area contributed by atoms with Gasteiger partial charge in [0.1, 0.15) is 5.69 Å². The first-order valence-electron chi connectivity index (χ1n) is 9.96. The van der Waals surface area contributed by atoms with Crippen molar-refractivity contribution in [1.82, 2.24) is 20.0 Å². The maximum atomic E-state index is 5.46. The third-order valence-corrected chi connectivity index (χ3v) is 6.08. The Labute approximate surface area is 170 Å². The number of ether oxygens (including phenoxy) is 1. The van der Waals surface area contributed by atoms with E-state index in [0.717, 1.165) is 51.6 Å². The van der Waals surface area contributed by atoms with Gasteiger partial charge in [-0.15, -0.1) is 11.3 Å². The highest BCUT2D eigenvalue weighted by molar-refractivity contribution is 7.13. The molecule has 1 unspecified atom stereocenters. The molecule has 3 heterocycles. The zero-order valence-electron chi connectivity index (χ0n) is 16.4. The van der Waals surface area contributed by atoms with Crippen LogP contribution in [-0.2, 0) is 17.8 Å². The Morgan fingerprint density at radius 3 is 2.71 bits per heavy atom. The predicted octanol–water partition coefficient (Wildman–Crippen LogP) is 3.47. The van der Waals surface area contributed by atoms with Crippen molar-refractivity contribution in [2.75, 3.05) is 32.8 Å². The number of nitrogens with zero attached hydrogens (tertiary/aromatic N) is 3. The van der Waals surface area contributed by atoms with E-state index >= 15 is 0 Å². The summed E-state index contributed by atoms with van der Waals surface area (Å²) < 4.78 is 7.52. The van der Waals surface area contributed by atoms with Gasteiger partial charge in [-0.25, -0.2) is 0 Å². The molecule has 1 aromatic carbocycles. The molecular weight excluding hydrogens is 368 g/mol. The van der Waals surface area contributed by atoms with Crippen LogP contribution in [-0.4, -0.2) is 53.6 Å². The number of hydrogen-bond donors (Lipinski definition) is 1. The Kier molecular flexibility index (Phi) is 6.54. The van der Waals surface area contributed by atoms with Crippen LogP contribution in [0.25, 0.3) is 10.6 Å². The topological polar surface area (TPSA) is 42.3 Å². The first-order chi connectivity index (χ1) is 13.8. The predicted molar refractivity (Wildman–Crippen MR) is 115 cm³/mol. The van der Waals surface area contributed by atoms with Crippen LogP contribution in [0.4, 0.5) is 0 Å². The molecule has 1 aliphatic heterocycles. The van der Waals surface area contributed by atoms with Gasteiger partial charge in [0.05, 0.1) is 24.6 Å². The molecule has 5 nitrogen and oxygen atoms in total. The van der Waals surface area contributed by atoms with Crippen LogP contribution in [0.15, 0.2) is 54.0 Å². The number of hydrogen-bond acceptors (Lipinski definition) is 5. The van der Waals surface area contributed by atoms with Gasteiger partial charge in [-0.2, -0.15) is 5.10 Å². The van der Waals surface area contributed by atoms with Crippen LogP contribution in [0.3, 0.4) is 0 Å². The largest absolute Gasteiger partial charge is 0.379 e. The monoisotopic (exact) mass is 396 g/mol. The van der Waals surface area contributed by atoms with Gasteiger partial charge in [-0.3, -0.25) is 9.58 Å². The Balaban J connectivity index is 1.42. The van der Waals surface area contributed by atoms with Gasteiger partial charge in [0.2, 0.25) is 0 Å². The van der Waals surface area contributed by atoms with Crippen LogP contribution < -0.4 is 5.32 Å². The second kappa shape index (κ2) is 9.47. The molecule has 1 fully saturated rings. The average Bonchev–Trinajstić information content (AvgIpc) is 3.39. The van der Waals surface area contributed by atoms with Crippen LogP contribution in [0.5, 0.6) is 0 Å². The molecule has 3 aromatic rings. The summed E-state index contributed by atoms with van der Waals surface area (Å²) in [4.78, 5) is 3.72. The minimum atomic E-state index is 0.508. The summed E-state index contributed by atoms with van der Waals surface area (Å²) in [6.07, 6.45) is 2.19. The lowest BCUT2D eigenvalue weighted by Crippen LogP contribution is -2.46. The van der Waals surface area contributed by atoms with Crippen molar-refractivity contribution in [2.24, 2.45) is 0 Å². The lowest BCUT2D eigenvalue weighted by Gasteiger charge is -2.32. The summed E-state index contributed by atoms with van der Waals surface area (Å²) in [5.74, 6) is 0. The quantitative estimate of drug-likeness (QED) is 0.633. The molecular formula is C22H28N4OS. The molecule has 4 rings (SSSR count). The normalized spacial score (nSPS) is 16.3. The van der Waals surface area contributed by atoms with E-state index in [4.69, 9.17) is 9.84 Å². The smallest absolute Gasteiger partial charge is 0.107 e. The van der Waals surface area contributed by atoms with Gasteiger partial charge >= 0.3 is 0 Å². The summed E-state index contributed by atoms with van der Waals surface area (Å²) in [5.41, 5.74) is 3.62. The number of thiophene rings is 1. The summed E-state index contributed by atoms with van der Waals surface area (Å²) >= 11 is 1.75. The fraction of sp³-hybridized carbons (Fsp3) is 0.409. The average molecular weight is 397 g/mol.